The van der Waals surface area contributed by atoms with Crippen molar-refractivity contribution in [2.24, 2.45) is 5.73 Å². The molecule has 0 aliphatic heterocycles. The van der Waals surface area contributed by atoms with Crippen LogP contribution in [0.3, 0.4) is 0 Å². The van der Waals surface area contributed by atoms with E-state index in [1.807, 2.05) is 0 Å². The monoisotopic (exact) mass is 225 g/mol. The van der Waals surface area contributed by atoms with Gasteiger partial charge in [-0.25, -0.2) is 4.79 Å². The molecule has 0 aliphatic rings. The van der Waals surface area contributed by atoms with Gasteiger partial charge in [-0.2, -0.15) is 0 Å². The van der Waals surface area contributed by atoms with E-state index in [2.05, 4.69) is 4.74 Å². The maximum atomic E-state index is 11.3. The molecule has 0 radical (unpaired) electrons. The van der Waals surface area contributed by atoms with Crippen molar-refractivity contribution < 1.29 is 19.7 Å². The fourth-order valence-electron chi connectivity index (χ4n) is 1.36. The summed E-state index contributed by atoms with van der Waals surface area (Å²) in [6.07, 6.45) is 0.394. The number of hydrogen-bond donors (Lipinski definition) is 3. The molecule has 16 heavy (non-hydrogen) atoms. The van der Waals surface area contributed by atoms with Gasteiger partial charge in [0.2, 0.25) is 0 Å². The first-order chi connectivity index (χ1) is 7.60. The summed E-state index contributed by atoms with van der Waals surface area (Å²) in [5.74, 6) is -0.762. The van der Waals surface area contributed by atoms with E-state index < -0.39 is 5.97 Å². The lowest BCUT2D eigenvalue weighted by atomic mass is 10.0. The molecule has 1 aromatic rings. The molecule has 0 amide bonds. The molecule has 0 aromatic heterocycles. The number of phenolic OH excluding ortho intramolecular Hbond substituents is 1. The van der Waals surface area contributed by atoms with Gasteiger partial charge in [0.1, 0.15) is 11.3 Å². The van der Waals surface area contributed by atoms with E-state index in [0.717, 1.165) is 0 Å². The Morgan fingerprint density at radius 3 is 2.81 bits per heavy atom. The largest absolute Gasteiger partial charge is 0.507 e. The highest BCUT2D eigenvalue weighted by Crippen LogP contribution is 2.23. The van der Waals surface area contributed by atoms with Crippen molar-refractivity contribution in [2.75, 3.05) is 13.7 Å². The van der Waals surface area contributed by atoms with Crippen LogP contribution in [0.1, 0.15) is 28.4 Å². The van der Waals surface area contributed by atoms with Crippen molar-refractivity contribution in [3.63, 3.8) is 0 Å². The van der Waals surface area contributed by atoms with Gasteiger partial charge in [0, 0.05) is 12.6 Å². The number of rotatable bonds is 4. The number of benzene rings is 1. The first kappa shape index (κ1) is 12.5. The smallest absolute Gasteiger partial charge is 0.341 e. The second-order valence-electron chi connectivity index (χ2n) is 3.39. The average Bonchev–Trinajstić information content (AvgIpc) is 2.29. The van der Waals surface area contributed by atoms with Crippen LogP contribution in [-0.2, 0) is 4.74 Å². The number of nitrogens with two attached hydrogens (primary N) is 1. The lowest BCUT2D eigenvalue weighted by molar-refractivity contribution is 0.0597. The van der Waals surface area contributed by atoms with E-state index in [1.54, 1.807) is 6.07 Å². The number of aliphatic hydroxyl groups is 1. The number of esters is 1. The SMILES string of the molecule is COC(=O)c1cc(C(N)CCO)ccc1O. The third-order valence-corrected chi connectivity index (χ3v) is 2.29. The predicted octanol–water partition coefficient (Wildman–Crippen LogP) is 0.561. The Bertz CT molecular complexity index is 378. The van der Waals surface area contributed by atoms with Gasteiger partial charge < -0.3 is 20.7 Å². The van der Waals surface area contributed by atoms with Gasteiger partial charge in [-0.05, 0) is 24.1 Å². The van der Waals surface area contributed by atoms with Crippen LogP contribution in [0.15, 0.2) is 18.2 Å². The summed E-state index contributed by atoms with van der Waals surface area (Å²) in [6.45, 7) is -0.0321. The van der Waals surface area contributed by atoms with Gasteiger partial charge in [0.05, 0.1) is 7.11 Å². The predicted molar refractivity (Wildman–Crippen MR) is 58.1 cm³/mol. The topological polar surface area (TPSA) is 92.8 Å². The van der Waals surface area contributed by atoms with Crippen molar-refractivity contribution in [1.29, 1.82) is 0 Å². The van der Waals surface area contributed by atoms with E-state index in [4.69, 9.17) is 10.8 Å². The fraction of sp³-hybridized carbons (Fsp3) is 0.364. The highest BCUT2D eigenvalue weighted by Gasteiger charge is 2.14. The quantitative estimate of drug-likeness (QED) is 0.651. The molecule has 1 atom stereocenters. The van der Waals surface area contributed by atoms with Gasteiger partial charge in [-0.15, -0.1) is 0 Å². The van der Waals surface area contributed by atoms with Gasteiger partial charge in [0.25, 0.3) is 0 Å². The number of aromatic hydroxyl groups is 1. The van der Waals surface area contributed by atoms with Crippen molar-refractivity contribution in [3.8, 4) is 5.75 Å². The van der Waals surface area contributed by atoms with Gasteiger partial charge >= 0.3 is 5.97 Å². The minimum absolute atomic E-state index is 0.0321. The van der Waals surface area contributed by atoms with Crippen molar-refractivity contribution in [1.82, 2.24) is 0 Å². The highest BCUT2D eigenvalue weighted by molar-refractivity contribution is 5.92. The standard InChI is InChI=1S/C11H15NO4/c1-16-11(15)8-6-7(2-3-10(8)14)9(12)4-5-13/h2-3,6,9,13-14H,4-5,12H2,1H3. The first-order valence-corrected chi connectivity index (χ1v) is 4.87. The molecule has 1 aromatic carbocycles. The van der Waals surface area contributed by atoms with Gasteiger partial charge in [0.15, 0.2) is 0 Å². The van der Waals surface area contributed by atoms with E-state index >= 15 is 0 Å². The molecule has 0 aliphatic carbocycles. The number of aliphatic hydroxyl groups excluding tert-OH is 1. The summed E-state index contributed by atoms with van der Waals surface area (Å²) in [4.78, 5) is 11.3. The highest BCUT2D eigenvalue weighted by atomic mass is 16.5. The number of phenols is 1. The van der Waals surface area contributed by atoms with E-state index in [0.29, 0.717) is 12.0 Å². The zero-order valence-corrected chi connectivity index (χ0v) is 9.01. The van der Waals surface area contributed by atoms with Crippen LogP contribution in [0, 0.1) is 0 Å². The molecule has 88 valence electrons. The molecule has 0 saturated carbocycles. The number of hydrogen-bond acceptors (Lipinski definition) is 5. The minimum Gasteiger partial charge on any atom is -0.507 e. The lowest BCUT2D eigenvalue weighted by Gasteiger charge is -2.12. The number of ether oxygens (including phenoxy) is 1. The molecule has 4 N–H and O–H groups in total. The van der Waals surface area contributed by atoms with Crippen LogP contribution < -0.4 is 5.73 Å². The van der Waals surface area contributed by atoms with E-state index in [1.165, 1.54) is 19.2 Å². The van der Waals surface area contributed by atoms with Gasteiger partial charge in [-0.1, -0.05) is 6.07 Å². The second-order valence-corrected chi connectivity index (χ2v) is 3.39. The molecule has 0 bridgehead atoms. The molecule has 0 saturated heterocycles. The number of carbonyl (C=O) groups is 1. The molecule has 0 fully saturated rings. The van der Waals surface area contributed by atoms with Crippen LogP contribution in [0.4, 0.5) is 0 Å². The molecular formula is C11H15NO4. The van der Waals surface area contributed by atoms with E-state index in [-0.39, 0.29) is 24.0 Å². The molecule has 5 nitrogen and oxygen atoms in total. The van der Waals surface area contributed by atoms with Crippen LogP contribution in [0.25, 0.3) is 0 Å². The van der Waals surface area contributed by atoms with Crippen molar-refractivity contribution in [2.45, 2.75) is 12.5 Å². The Morgan fingerprint density at radius 1 is 1.56 bits per heavy atom. The molecular weight excluding hydrogens is 210 g/mol. The Balaban J connectivity index is 3.02. The Labute approximate surface area is 93.5 Å². The molecule has 0 spiro atoms. The van der Waals surface area contributed by atoms with Crippen molar-refractivity contribution in [3.05, 3.63) is 29.3 Å². The molecule has 1 unspecified atom stereocenters. The third kappa shape index (κ3) is 2.71. The Kier molecular flexibility index (Phi) is 4.28. The van der Waals surface area contributed by atoms with Crippen molar-refractivity contribution >= 4 is 5.97 Å². The number of carbonyl (C=O) groups excluding carboxylic acids is 1. The third-order valence-electron chi connectivity index (χ3n) is 2.29. The Morgan fingerprint density at radius 2 is 2.25 bits per heavy atom. The molecule has 5 heteroatoms. The van der Waals surface area contributed by atoms with Crippen LogP contribution in [0.5, 0.6) is 5.75 Å². The second kappa shape index (κ2) is 5.48. The van der Waals surface area contributed by atoms with Gasteiger partial charge in [-0.3, -0.25) is 0 Å². The molecule has 0 heterocycles. The van der Waals surface area contributed by atoms with Crippen LogP contribution in [-0.4, -0.2) is 29.9 Å². The summed E-state index contributed by atoms with van der Waals surface area (Å²) in [7, 11) is 1.24. The van der Waals surface area contributed by atoms with Crippen LogP contribution >= 0.6 is 0 Å². The first-order valence-electron chi connectivity index (χ1n) is 4.87. The number of methoxy groups -OCH3 is 1. The normalized spacial score (nSPS) is 12.2. The zero-order valence-electron chi connectivity index (χ0n) is 9.01. The van der Waals surface area contributed by atoms with Crippen LogP contribution in [0.2, 0.25) is 0 Å². The summed E-state index contributed by atoms with van der Waals surface area (Å²) in [6, 6.07) is 4.11. The maximum Gasteiger partial charge on any atom is 0.341 e. The lowest BCUT2D eigenvalue weighted by Crippen LogP contribution is -2.13. The summed E-state index contributed by atoms with van der Waals surface area (Å²) in [5, 5.41) is 18.2. The molecule has 1 rings (SSSR count). The summed E-state index contributed by atoms with van der Waals surface area (Å²) >= 11 is 0. The average molecular weight is 225 g/mol. The maximum absolute atomic E-state index is 11.3. The van der Waals surface area contributed by atoms with E-state index in [9.17, 15) is 9.90 Å². The Hall–Kier alpha value is -1.59. The zero-order chi connectivity index (χ0) is 12.1. The minimum atomic E-state index is -0.615. The summed E-state index contributed by atoms with van der Waals surface area (Å²) in [5.41, 5.74) is 6.52. The summed E-state index contributed by atoms with van der Waals surface area (Å²) < 4.78 is 4.52. The fourth-order valence-corrected chi connectivity index (χ4v) is 1.36.